The van der Waals surface area contributed by atoms with Gasteiger partial charge in [0.25, 0.3) is 0 Å². The summed E-state index contributed by atoms with van der Waals surface area (Å²) in [6, 6.07) is 8.31. The SMILES string of the molecule is COC(=O)CNC(=O)C1CN(S(=O)(=O)c2ccccc2)CC12CCCCC2. The van der Waals surface area contributed by atoms with Crippen LogP contribution in [0.4, 0.5) is 0 Å². The molecule has 7 nitrogen and oxygen atoms in total. The summed E-state index contributed by atoms with van der Waals surface area (Å²) in [5, 5.41) is 2.62. The van der Waals surface area contributed by atoms with Crippen molar-refractivity contribution in [2.45, 2.75) is 37.0 Å². The van der Waals surface area contributed by atoms with Gasteiger partial charge in [0.15, 0.2) is 0 Å². The number of hydrogen-bond acceptors (Lipinski definition) is 5. The topological polar surface area (TPSA) is 92.8 Å². The highest BCUT2D eigenvalue weighted by molar-refractivity contribution is 7.89. The molecule has 1 aromatic rings. The highest BCUT2D eigenvalue weighted by Crippen LogP contribution is 2.48. The molecule has 1 saturated heterocycles. The molecule has 1 aromatic carbocycles. The fraction of sp³-hybridized carbons (Fsp3) is 0.579. The van der Waals surface area contributed by atoms with Crippen LogP contribution in [-0.4, -0.2) is 51.3 Å². The predicted molar refractivity (Wildman–Crippen MR) is 99.2 cm³/mol. The van der Waals surface area contributed by atoms with E-state index in [0.717, 1.165) is 32.1 Å². The van der Waals surface area contributed by atoms with Crippen LogP contribution < -0.4 is 5.32 Å². The summed E-state index contributed by atoms with van der Waals surface area (Å²) < 4.78 is 32.1. The number of rotatable bonds is 5. The van der Waals surface area contributed by atoms with Gasteiger partial charge in [0.1, 0.15) is 6.54 Å². The summed E-state index contributed by atoms with van der Waals surface area (Å²) in [5.41, 5.74) is -0.361. The second-order valence-electron chi connectivity index (χ2n) is 7.38. The first-order valence-electron chi connectivity index (χ1n) is 9.29. The zero-order valence-electron chi connectivity index (χ0n) is 15.5. The maximum atomic E-state index is 13.1. The molecule has 1 spiro atoms. The first-order valence-corrected chi connectivity index (χ1v) is 10.7. The molecule has 1 heterocycles. The van der Waals surface area contributed by atoms with Crippen molar-refractivity contribution >= 4 is 21.9 Å². The molecule has 1 atom stereocenters. The van der Waals surface area contributed by atoms with Gasteiger partial charge in [-0.1, -0.05) is 37.5 Å². The number of sulfonamides is 1. The van der Waals surface area contributed by atoms with Gasteiger partial charge in [-0.15, -0.1) is 0 Å². The minimum atomic E-state index is -3.65. The van der Waals surface area contributed by atoms with E-state index >= 15 is 0 Å². The number of amides is 1. The third kappa shape index (κ3) is 4.01. The van der Waals surface area contributed by atoms with Crippen LogP contribution in [0.3, 0.4) is 0 Å². The molecule has 148 valence electrons. The van der Waals surface area contributed by atoms with Crippen LogP contribution in [0.2, 0.25) is 0 Å². The summed E-state index contributed by atoms with van der Waals surface area (Å²) in [6.45, 7) is 0.290. The normalized spacial score (nSPS) is 22.5. The molecule has 2 fully saturated rings. The molecule has 1 N–H and O–H groups in total. The molecule has 0 radical (unpaired) electrons. The Bertz CT molecular complexity index is 788. The van der Waals surface area contributed by atoms with E-state index in [2.05, 4.69) is 10.1 Å². The number of nitrogens with one attached hydrogen (secondary N) is 1. The van der Waals surface area contributed by atoms with Crippen LogP contribution in [0.25, 0.3) is 0 Å². The fourth-order valence-electron chi connectivity index (χ4n) is 4.33. The lowest BCUT2D eigenvalue weighted by Gasteiger charge is -2.37. The summed E-state index contributed by atoms with van der Waals surface area (Å²) in [6.07, 6.45) is 4.72. The molecule has 3 rings (SSSR count). The number of benzene rings is 1. The maximum absolute atomic E-state index is 13.1. The monoisotopic (exact) mass is 394 g/mol. The Kier molecular flexibility index (Phi) is 5.86. The van der Waals surface area contributed by atoms with Crippen molar-refractivity contribution in [3.05, 3.63) is 30.3 Å². The van der Waals surface area contributed by atoms with E-state index in [-0.39, 0.29) is 29.3 Å². The van der Waals surface area contributed by atoms with Crippen LogP contribution >= 0.6 is 0 Å². The standard InChI is InChI=1S/C19H26N2O5S/c1-26-17(22)12-20-18(23)16-13-21(14-19(16)10-6-3-7-11-19)27(24,25)15-8-4-2-5-9-15/h2,4-5,8-9,16H,3,6-7,10-14H2,1H3,(H,20,23). The molecular formula is C19H26N2O5S. The van der Waals surface area contributed by atoms with E-state index in [0.29, 0.717) is 6.54 Å². The Hall–Kier alpha value is -1.93. The first-order chi connectivity index (χ1) is 12.9. The van der Waals surface area contributed by atoms with Crippen LogP contribution in [-0.2, 0) is 24.3 Å². The summed E-state index contributed by atoms with van der Waals surface area (Å²) >= 11 is 0. The highest BCUT2D eigenvalue weighted by atomic mass is 32.2. The number of hydrogen-bond donors (Lipinski definition) is 1. The molecular weight excluding hydrogens is 368 g/mol. The van der Waals surface area contributed by atoms with E-state index in [9.17, 15) is 18.0 Å². The number of carbonyl (C=O) groups is 2. The van der Waals surface area contributed by atoms with E-state index in [1.807, 2.05) is 0 Å². The van der Waals surface area contributed by atoms with Gasteiger partial charge < -0.3 is 10.1 Å². The number of esters is 1. The molecule has 8 heteroatoms. The summed E-state index contributed by atoms with van der Waals surface area (Å²) in [5.74, 6) is -1.25. The van der Waals surface area contributed by atoms with Crippen molar-refractivity contribution < 1.29 is 22.7 Å². The van der Waals surface area contributed by atoms with Gasteiger partial charge in [0.05, 0.1) is 17.9 Å². The molecule has 1 aliphatic carbocycles. The van der Waals surface area contributed by atoms with Crippen molar-refractivity contribution in [2.75, 3.05) is 26.7 Å². The van der Waals surface area contributed by atoms with Gasteiger partial charge >= 0.3 is 5.97 Å². The summed E-state index contributed by atoms with van der Waals surface area (Å²) in [4.78, 5) is 24.4. The van der Waals surface area contributed by atoms with Gasteiger partial charge in [-0.2, -0.15) is 4.31 Å². The number of ether oxygens (including phenoxy) is 1. The molecule has 0 bridgehead atoms. The second kappa shape index (κ2) is 7.98. The van der Waals surface area contributed by atoms with Crippen LogP contribution in [0, 0.1) is 11.3 Å². The van der Waals surface area contributed by atoms with Crippen molar-refractivity contribution in [1.29, 1.82) is 0 Å². The predicted octanol–water partition coefficient (Wildman–Crippen LogP) is 1.55. The van der Waals surface area contributed by atoms with Crippen LogP contribution in [0.5, 0.6) is 0 Å². The molecule has 0 aromatic heterocycles. The Morgan fingerprint density at radius 2 is 1.85 bits per heavy atom. The third-order valence-corrected chi connectivity index (χ3v) is 7.62. The molecule has 1 unspecified atom stereocenters. The van der Waals surface area contributed by atoms with Gasteiger partial charge in [-0.25, -0.2) is 8.42 Å². The second-order valence-corrected chi connectivity index (χ2v) is 9.32. The van der Waals surface area contributed by atoms with Gasteiger partial charge in [0, 0.05) is 13.1 Å². The lowest BCUT2D eigenvalue weighted by Crippen LogP contribution is -2.44. The van der Waals surface area contributed by atoms with Crippen LogP contribution in [0.15, 0.2) is 35.2 Å². The average molecular weight is 394 g/mol. The van der Waals surface area contributed by atoms with Gasteiger partial charge in [-0.05, 0) is 30.4 Å². The zero-order chi connectivity index (χ0) is 19.5. The molecule has 1 amide bonds. The number of carbonyl (C=O) groups excluding carboxylic acids is 2. The largest absolute Gasteiger partial charge is 0.468 e. The van der Waals surface area contributed by atoms with Crippen molar-refractivity contribution in [1.82, 2.24) is 9.62 Å². The smallest absolute Gasteiger partial charge is 0.325 e. The van der Waals surface area contributed by atoms with E-state index in [1.165, 1.54) is 11.4 Å². The lowest BCUT2D eigenvalue weighted by molar-refractivity contribution is -0.142. The fourth-order valence-corrected chi connectivity index (χ4v) is 5.90. The first kappa shape index (κ1) is 19.8. The van der Waals surface area contributed by atoms with E-state index < -0.39 is 21.9 Å². The third-order valence-electron chi connectivity index (χ3n) is 5.80. The summed E-state index contributed by atoms with van der Waals surface area (Å²) in [7, 11) is -2.39. The molecule has 1 saturated carbocycles. The number of nitrogens with zero attached hydrogens (tertiary/aromatic N) is 1. The van der Waals surface area contributed by atoms with E-state index in [1.54, 1.807) is 30.3 Å². The highest BCUT2D eigenvalue weighted by Gasteiger charge is 2.53. The Morgan fingerprint density at radius 1 is 1.19 bits per heavy atom. The van der Waals surface area contributed by atoms with Gasteiger partial charge in [0.2, 0.25) is 15.9 Å². The Labute approximate surface area is 160 Å². The quantitative estimate of drug-likeness (QED) is 0.765. The van der Waals surface area contributed by atoms with Crippen molar-refractivity contribution in [3.63, 3.8) is 0 Å². The number of methoxy groups -OCH3 is 1. The van der Waals surface area contributed by atoms with Crippen molar-refractivity contribution in [3.8, 4) is 0 Å². The van der Waals surface area contributed by atoms with Crippen LogP contribution in [0.1, 0.15) is 32.1 Å². The lowest BCUT2D eigenvalue weighted by atomic mass is 9.67. The minimum Gasteiger partial charge on any atom is -0.468 e. The van der Waals surface area contributed by atoms with Crippen molar-refractivity contribution in [2.24, 2.45) is 11.3 Å². The van der Waals surface area contributed by atoms with E-state index in [4.69, 9.17) is 0 Å². The Morgan fingerprint density at radius 3 is 2.48 bits per heavy atom. The zero-order valence-corrected chi connectivity index (χ0v) is 16.3. The Balaban J connectivity index is 1.84. The molecule has 2 aliphatic rings. The molecule has 1 aliphatic heterocycles. The molecule has 27 heavy (non-hydrogen) atoms. The minimum absolute atomic E-state index is 0.143. The maximum Gasteiger partial charge on any atom is 0.325 e. The average Bonchev–Trinajstić information content (AvgIpc) is 3.06. The van der Waals surface area contributed by atoms with Gasteiger partial charge in [-0.3, -0.25) is 9.59 Å².